The minimum Gasteiger partial charge on any atom is -0.497 e. The highest BCUT2D eigenvalue weighted by Gasteiger charge is 2.16. The van der Waals surface area contributed by atoms with Crippen LogP contribution in [0.25, 0.3) is 11.1 Å². The minimum absolute atomic E-state index is 0.111. The van der Waals surface area contributed by atoms with Gasteiger partial charge in [0.1, 0.15) is 23.1 Å². The molecule has 1 amide bonds. The van der Waals surface area contributed by atoms with Crippen LogP contribution in [0.3, 0.4) is 0 Å². The van der Waals surface area contributed by atoms with Crippen molar-refractivity contribution in [2.75, 3.05) is 12.4 Å². The van der Waals surface area contributed by atoms with Gasteiger partial charge in [0, 0.05) is 11.3 Å². The maximum atomic E-state index is 13.8. The summed E-state index contributed by atoms with van der Waals surface area (Å²) in [5, 5.41) is 2.43. The largest absolute Gasteiger partial charge is 0.497 e. The molecule has 0 saturated heterocycles. The number of rotatable bonds is 6. The molecule has 3 rings (SSSR count). The van der Waals surface area contributed by atoms with Crippen molar-refractivity contribution >= 4 is 11.6 Å². The van der Waals surface area contributed by atoms with Crippen LogP contribution in [0.15, 0.2) is 60.7 Å². The summed E-state index contributed by atoms with van der Waals surface area (Å²) in [6.45, 7) is -3.05. The first-order valence-electron chi connectivity index (χ1n) is 8.37. The van der Waals surface area contributed by atoms with Crippen LogP contribution in [0.4, 0.5) is 23.2 Å². The molecule has 0 atom stereocenters. The fourth-order valence-corrected chi connectivity index (χ4v) is 2.67. The van der Waals surface area contributed by atoms with Crippen molar-refractivity contribution in [1.29, 1.82) is 0 Å². The second kappa shape index (κ2) is 8.64. The number of hydrogen-bond donors (Lipinski definition) is 1. The number of carbonyl (C=O) groups excluding carboxylic acids is 1. The molecule has 0 aliphatic heterocycles. The molecule has 0 saturated carbocycles. The molecule has 4 nitrogen and oxygen atoms in total. The van der Waals surface area contributed by atoms with E-state index >= 15 is 0 Å². The van der Waals surface area contributed by atoms with Gasteiger partial charge >= 0.3 is 6.61 Å². The van der Waals surface area contributed by atoms with Crippen molar-refractivity contribution in [3.63, 3.8) is 0 Å². The van der Waals surface area contributed by atoms with Crippen LogP contribution in [-0.2, 0) is 0 Å². The first-order valence-corrected chi connectivity index (χ1v) is 8.37. The van der Waals surface area contributed by atoms with E-state index < -0.39 is 29.7 Å². The molecule has 1 N–H and O–H groups in total. The summed E-state index contributed by atoms with van der Waals surface area (Å²) in [6, 6.07) is 13.0. The van der Waals surface area contributed by atoms with E-state index in [9.17, 15) is 22.4 Å². The third kappa shape index (κ3) is 4.84. The van der Waals surface area contributed by atoms with E-state index in [1.54, 1.807) is 24.3 Å². The number of benzene rings is 3. The van der Waals surface area contributed by atoms with Crippen molar-refractivity contribution in [2.24, 2.45) is 0 Å². The monoisotopic (exact) mass is 405 g/mol. The van der Waals surface area contributed by atoms with Gasteiger partial charge in [-0.15, -0.1) is 0 Å². The lowest BCUT2D eigenvalue weighted by Crippen LogP contribution is -2.14. The van der Waals surface area contributed by atoms with Gasteiger partial charge in [-0.1, -0.05) is 12.1 Å². The Morgan fingerprint density at radius 3 is 2.34 bits per heavy atom. The average Bonchev–Trinajstić information content (AvgIpc) is 2.70. The number of anilines is 1. The lowest BCUT2D eigenvalue weighted by Gasteiger charge is -2.14. The molecule has 0 aromatic heterocycles. The van der Waals surface area contributed by atoms with Crippen LogP contribution in [0, 0.1) is 11.6 Å². The summed E-state index contributed by atoms with van der Waals surface area (Å²) < 4.78 is 62.3. The highest BCUT2D eigenvalue weighted by molar-refractivity contribution is 6.04. The first-order chi connectivity index (χ1) is 13.9. The Balaban J connectivity index is 1.95. The SMILES string of the molecule is COc1ccc(-c2cc(NC(=O)c3cc(F)ccc3F)ccc2OC(F)F)cc1. The van der Waals surface area contributed by atoms with Gasteiger partial charge < -0.3 is 14.8 Å². The highest BCUT2D eigenvalue weighted by Crippen LogP contribution is 2.34. The summed E-state index contributed by atoms with van der Waals surface area (Å²) in [6.07, 6.45) is 0. The highest BCUT2D eigenvalue weighted by atomic mass is 19.3. The molecule has 0 fully saturated rings. The van der Waals surface area contributed by atoms with Gasteiger partial charge in [-0.05, 0) is 54.1 Å². The Labute approximate surface area is 163 Å². The zero-order valence-corrected chi connectivity index (χ0v) is 15.1. The zero-order valence-electron chi connectivity index (χ0n) is 15.1. The Morgan fingerprint density at radius 2 is 1.69 bits per heavy atom. The molecule has 3 aromatic carbocycles. The Morgan fingerprint density at radius 1 is 0.966 bits per heavy atom. The fourth-order valence-electron chi connectivity index (χ4n) is 2.67. The summed E-state index contributed by atoms with van der Waals surface area (Å²) in [5.41, 5.74) is 0.495. The van der Waals surface area contributed by atoms with E-state index in [0.29, 0.717) is 11.3 Å². The number of carbonyl (C=O) groups is 1. The summed E-state index contributed by atoms with van der Waals surface area (Å²) in [7, 11) is 1.49. The zero-order chi connectivity index (χ0) is 21.0. The number of nitrogens with one attached hydrogen (secondary N) is 1. The van der Waals surface area contributed by atoms with Gasteiger partial charge in [0.15, 0.2) is 0 Å². The molecule has 0 aliphatic carbocycles. The first kappa shape index (κ1) is 20.2. The Kier molecular flexibility index (Phi) is 6.01. The number of alkyl halides is 2. The van der Waals surface area contributed by atoms with Crippen LogP contribution in [0.2, 0.25) is 0 Å². The Bertz CT molecular complexity index is 1020. The van der Waals surface area contributed by atoms with Crippen LogP contribution >= 0.6 is 0 Å². The van der Waals surface area contributed by atoms with Gasteiger partial charge in [0.05, 0.1) is 12.7 Å². The number of amides is 1. The van der Waals surface area contributed by atoms with E-state index in [1.165, 1.54) is 25.3 Å². The number of methoxy groups -OCH3 is 1. The van der Waals surface area contributed by atoms with Gasteiger partial charge in [-0.25, -0.2) is 8.78 Å². The molecular weight excluding hydrogens is 390 g/mol. The third-order valence-electron chi connectivity index (χ3n) is 4.03. The van der Waals surface area contributed by atoms with E-state index in [4.69, 9.17) is 4.74 Å². The summed E-state index contributed by atoms with van der Waals surface area (Å²) >= 11 is 0. The smallest absolute Gasteiger partial charge is 0.387 e. The topological polar surface area (TPSA) is 47.6 Å². The predicted octanol–water partition coefficient (Wildman–Crippen LogP) is 5.49. The molecule has 0 aliphatic rings. The number of ether oxygens (including phenoxy) is 2. The maximum Gasteiger partial charge on any atom is 0.387 e. The van der Waals surface area contributed by atoms with Gasteiger partial charge in [0.2, 0.25) is 0 Å². The van der Waals surface area contributed by atoms with Crippen molar-refractivity contribution in [3.05, 3.63) is 77.9 Å². The molecule has 29 heavy (non-hydrogen) atoms. The van der Waals surface area contributed by atoms with E-state index in [0.717, 1.165) is 18.2 Å². The number of halogens is 4. The fraction of sp³-hybridized carbons (Fsp3) is 0.0952. The summed E-state index contributed by atoms with van der Waals surface area (Å²) in [5.74, 6) is -2.09. The van der Waals surface area contributed by atoms with E-state index in [-0.39, 0.29) is 17.0 Å². The normalized spacial score (nSPS) is 10.7. The molecule has 0 radical (unpaired) electrons. The third-order valence-corrected chi connectivity index (χ3v) is 4.03. The van der Waals surface area contributed by atoms with E-state index in [2.05, 4.69) is 10.1 Å². The molecule has 0 heterocycles. The minimum atomic E-state index is -3.05. The second-order valence-corrected chi connectivity index (χ2v) is 5.90. The second-order valence-electron chi connectivity index (χ2n) is 5.90. The molecule has 8 heteroatoms. The predicted molar refractivity (Wildman–Crippen MR) is 99.4 cm³/mol. The van der Waals surface area contributed by atoms with Crippen LogP contribution in [-0.4, -0.2) is 19.6 Å². The van der Waals surface area contributed by atoms with Gasteiger partial charge in [-0.2, -0.15) is 8.78 Å². The van der Waals surface area contributed by atoms with Crippen molar-refractivity contribution < 1.29 is 31.8 Å². The average molecular weight is 405 g/mol. The van der Waals surface area contributed by atoms with Gasteiger partial charge in [0.25, 0.3) is 5.91 Å². The van der Waals surface area contributed by atoms with Crippen LogP contribution in [0.5, 0.6) is 11.5 Å². The molecule has 3 aromatic rings. The van der Waals surface area contributed by atoms with Crippen LogP contribution < -0.4 is 14.8 Å². The van der Waals surface area contributed by atoms with E-state index in [1.807, 2.05) is 0 Å². The van der Waals surface area contributed by atoms with Crippen LogP contribution in [0.1, 0.15) is 10.4 Å². The van der Waals surface area contributed by atoms with Crippen molar-refractivity contribution in [2.45, 2.75) is 6.61 Å². The Hall–Kier alpha value is -3.55. The molecule has 150 valence electrons. The number of hydrogen-bond acceptors (Lipinski definition) is 3. The van der Waals surface area contributed by atoms with Crippen molar-refractivity contribution in [3.8, 4) is 22.6 Å². The maximum absolute atomic E-state index is 13.8. The molecule has 0 bridgehead atoms. The standard InChI is InChI=1S/C21H15F4NO3/c1-28-15-6-2-12(3-7-15)16-11-14(5-9-19(16)29-21(24)25)26-20(27)17-10-13(22)4-8-18(17)23/h2-11,21H,1H3,(H,26,27). The van der Waals surface area contributed by atoms with Gasteiger partial charge in [-0.3, -0.25) is 4.79 Å². The van der Waals surface area contributed by atoms with Crippen molar-refractivity contribution in [1.82, 2.24) is 0 Å². The molecule has 0 spiro atoms. The lowest BCUT2D eigenvalue weighted by atomic mass is 10.0. The summed E-state index contributed by atoms with van der Waals surface area (Å²) in [4.78, 5) is 12.3. The lowest BCUT2D eigenvalue weighted by molar-refractivity contribution is -0.0494. The quantitative estimate of drug-likeness (QED) is 0.552. The molecular formula is C21H15F4NO3. The molecule has 0 unspecified atom stereocenters.